The van der Waals surface area contributed by atoms with Gasteiger partial charge in [-0.3, -0.25) is 9.99 Å². The Hall–Kier alpha value is -2.77. The maximum atomic E-state index is 13.2. The molecule has 2 aromatic carbocycles. The molecule has 2 atom stereocenters. The summed E-state index contributed by atoms with van der Waals surface area (Å²) in [4.78, 5) is 4.68. The Kier molecular flexibility index (Phi) is 5.81. The predicted octanol–water partition coefficient (Wildman–Crippen LogP) is 4.66. The molecule has 0 bridgehead atoms. The summed E-state index contributed by atoms with van der Waals surface area (Å²) in [5.41, 5.74) is 3.93. The third-order valence-corrected chi connectivity index (χ3v) is 7.56. The largest absolute Gasteiger partial charge is 0.274 e. The van der Waals surface area contributed by atoms with Crippen LogP contribution in [0.5, 0.6) is 0 Å². The average Bonchev–Trinajstić information content (AvgIpc) is 3.00. The molecule has 0 spiro atoms. The number of hydrazone groups is 1. The summed E-state index contributed by atoms with van der Waals surface area (Å²) in [6.45, 7) is 10.7. The fourth-order valence-electron chi connectivity index (χ4n) is 3.98. The van der Waals surface area contributed by atoms with E-state index in [9.17, 15) is 8.42 Å². The Balaban J connectivity index is 1.60. The highest BCUT2D eigenvalue weighted by Crippen LogP contribution is 2.27. The lowest BCUT2D eigenvalue weighted by molar-refractivity contribution is 0.186. The van der Waals surface area contributed by atoms with Gasteiger partial charge >= 0.3 is 0 Å². The first kappa shape index (κ1) is 22.4. The Bertz CT molecular complexity index is 1260. The van der Waals surface area contributed by atoms with Crippen molar-refractivity contribution in [3.8, 4) is 0 Å². The van der Waals surface area contributed by atoms with Gasteiger partial charge in [-0.2, -0.15) is 9.82 Å². The second kappa shape index (κ2) is 8.30. The number of rotatable bonds is 5. The van der Waals surface area contributed by atoms with Crippen LogP contribution in [0.4, 0.5) is 0 Å². The van der Waals surface area contributed by atoms with Crippen molar-refractivity contribution in [2.24, 2.45) is 11.0 Å². The van der Waals surface area contributed by atoms with Gasteiger partial charge in [0.25, 0.3) is 0 Å². The highest BCUT2D eigenvalue weighted by Gasteiger charge is 2.35. The maximum Gasteiger partial charge on any atom is 0.242 e. The van der Waals surface area contributed by atoms with Crippen molar-refractivity contribution >= 4 is 26.6 Å². The van der Waals surface area contributed by atoms with E-state index in [2.05, 4.69) is 35.6 Å². The van der Waals surface area contributed by atoms with Gasteiger partial charge < -0.3 is 0 Å². The van der Waals surface area contributed by atoms with Gasteiger partial charge in [-0.15, -0.1) is 0 Å². The van der Waals surface area contributed by atoms with Crippen molar-refractivity contribution in [1.29, 1.82) is 0 Å². The Morgan fingerprint density at radius 2 is 1.75 bits per heavy atom. The Morgan fingerprint density at radius 1 is 1.03 bits per heavy atom. The van der Waals surface area contributed by atoms with Crippen LogP contribution in [0.1, 0.15) is 45.7 Å². The Labute approximate surface area is 190 Å². The lowest BCUT2D eigenvalue weighted by atomic mass is 9.87. The SMILES string of the molecule is CC1=NN(Cc2cccc3ncccc23)C(NS(=O)(=O)c2ccc(C(C)(C)C)cc2)C1C. The molecule has 0 saturated heterocycles. The van der Waals surface area contributed by atoms with E-state index in [0.717, 1.165) is 27.7 Å². The highest BCUT2D eigenvalue weighted by molar-refractivity contribution is 7.89. The van der Waals surface area contributed by atoms with E-state index >= 15 is 0 Å². The minimum Gasteiger partial charge on any atom is -0.274 e. The number of benzene rings is 2. The van der Waals surface area contributed by atoms with E-state index < -0.39 is 16.2 Å². The van der Waals surface area contributed by atoms with Crippen LogP contribution in [-0.4, -0.2) is 30.3 Å². The van der Waals surface area contributed by atoms with Crippen molar-refractivity contribution in [2.75, 3.05) is 0 Å². The molecular weight excluding hydrogens is 420 g/mol. The molecule has 4 rings (SSSR count). The smallest absolute Gasteiger partial charge is 0.242 e. The third kappa shape index (κ3) is 4.40. The minimum absolute atomic E-state index is 0.0370. The second-order valence-electron chi connectivity index (χ2n) is 9.46. The van der Waals surface area contributed by atoms with E-state index in [1.807, 2.05) is 61.3 Å². The van der Waals surface area contributed by atoms with Crippen LogP contribution >= 0.6 is 0 Å². The van der Waals surface area contributed by atoms with Crippen molar-refractivity contribution in [3.63, 3.8) is 0 Å². The van der Waals surface area contributed by atoms with Crippen LogP contribution in [-0.2, 0) is 22.0 Å². The van der Waals surface area contributed by atoms with Crippen LogP contribution in [0.2, 0.25) is 0 Å². The molecule has 0 saturated carbocycles. The molecule has 1 aliphatic rings. The molecule has 1 aliphatic heterocycles. The summed E-state index contributed by atoms with van der Waals surface area (Å²) in [7, 11) is -3.71. The molecular formula is C25H30N4O2S. The average molecular weight is 451 g/mol. The van der Waals surface area contributed by atoms with Crippen LogP contribution < -0.4 is 4.72 Å². The number of aromatic nitrogens is 1. The zero-order valence-electron chi connectivity index (χ0n) is 19.2. The van der Waals surface area contributed by atoms with Crippen molar-refractivity contribution in [1.82, 2.24) is 14.7 Å². The van der Waals surface area contributed by atoms with E-state index in [4.69, 9.17) is 0 Å². The van der Waals surface area contributed by atoms with Crippen LogP contribution in [0.25, 0.3) is 10.9 Å². The number of nitrogens with zero attached hydrogens (tertiary/aromatic N) is 3. The molecule has 1 N–H and O–H groups in total. The number of sulfonamides is 1. The van der Waals surface area contributed by atoms with Crippen LogP contribution in [0.15, 0.2) is 70.8 Å². The van der Waals surface area contributed by atoms with Crippen molar-refractivity contribution in [3.05, 3.63) is 71.9 Å². The lowest BCUT2D eigenvalue weighted by Crippen LogP contribution is -2.46. The molecule has 32 heavy (non-hydrogen) atoms. The summed E-state index contributed by atoms with van der Waals surface area (Å²) in [6.07, 6.45) is 1.31. The fourth-order valence-corrected chi connectivity index (χ4v) is 5.25. The fraction of sp³-hybridized carbons (Fsp3) is 0.360. The molecule has 7 heteroatoms. The molecule has 0 amide bonds. The molecule has 6 nitrogen and oxygen atoms in total. The van der Waals surface area contributed by atoms with Gasteiger partial charge in [0.2, 0.25) is 10.0 Å². The number of hydrogen-bond donors (Lipinski definition) is 1. The standard InChI is InChI=1S/C25H30N4O2S/c1-17-18(2)27-29(16-19-8-6-10-23-22(19)9-7-15-26-23)24(17)28-32(30,31)21-13-11-20(12-14-21)25(3,4)5/h6-15,17,24,28H,16H2,1-5H3. The van der Waals surface area contributed by atoms with Gasteiger partial charge in [-0.1, -0.05) is 58.0 Å². The molecule has 0 fully saturated rings. The van der Waals surface area contributed by atoms with Gasteiger partial charge in [0.15, 0.2) is 0 Å². The monoisotopic (exact) mass is 450 g/mol. The van der Waals surface area contributed by atoms with Crippen LogP contribution in [0, 0.1) is 5.92 Å². The van der Waals surface area contributed by atoms with Gasteiger partial charge in [0.05, 0.1) is 17.0 Å². The van der Waals surface area contributed by atoms with Crippen molar-refractivity contribution < 1.29 is 8.42 Å². The van der Waals surface area contributed by atoms with E-state index in [1.165, 1.54) is 0 Å². The summed E-state index contributed by atoms with van der Waals surface area (Å²) in [6, 6.07) is 17.0. The first-order valence-electron chi connectivity index (χ1n) is 10.8. The summed E-state index contributed by atoms with van der Waals surface area (Å²) in [5, 5.41) is 7.56. The van der Waals surface area contributed by atoms with E-state index in [-0.39, 0.29) is 16.2 Å². The molecule has 168 valence electrons. The highest BCUT2D eigenvalue weighted by atomic mass is 32.2. The van der Waals surface area contributed by atoms with Gasteiger partial charge in [0.1, 0.15) is 6.17 Å². The van der Waals surface area contributed by atoms with Crippen molar-refractivity contribution in [2.45, 2.75) is 57.6 Å². The minimum atomic E-state index is -3.71. The molecule has 0 aliphatic carbocycles. The molecule has 2 heterocycles. The number of nitrogens with one attached hydrogen (secondary N) is 1. The zero-order chi connectivity index (χ0) is 23.1. The van der Waals surface area contributed by atoms with E-state index in [1.54, 1.807) is 18.3 Å². The third-order valence-electron chi connectivity index (χ3n) is 6.11. The molecule has 2 unspecified atom stereocenters. The number of fused-ring (bicyclic) bond motifs is 1. The lowest BCUT2D eigenvalue weighted by Gasteiger charge is -2.28. The summed E-state index contributed by atoms with van der Waals surface area (Å²) in [5.74, 6) is -0.0493. The van der Waals surface area contributed by atoms with Gasteiger partial charge in [0, 0.05) is 23.2 Å². The number of hydrogen-bond acceptors (Lipinski definition) is 5. The summed E-state index contributed by atoms with van der Waals surface area (Å²) >= 11 is 0. The van der Waals surface area contributed by atoms with Gasteiger partial charge in [-0.25, -0.2) is 8.42 Å². The molecule has 3 aromatic rings. The molecule has 1 aromatic heterocycles. The zero-order valence-corrected chi connectivity index (χ0v) is 20.0. The van der Waals surface area contributed by atoms with Crippen LogP contribution in [0.3, 0.4) is 0 Å². The Morgan fingerprint density at radius 3 is 2.44 bits per heavy atom. The normalized spacial score (nSPS) is 19.4. The second-order valence-corrected chi connectivity index (χ2v) is 11.2. The predicted molar refractivity (Wildman–Crippen MR) is 129 cm³/mol. The first-order chi connectivity index (χ1) is 15.1. The quantitative estimate of drug-likeness (QED) is 0.613. The first-order valence-corrected chi connectivity index (χ1v) is 12.3. The van der Waals surface area contributed by atoms with E-state index in [0.29, 0.717) is 6.54 Å². The topological polar surface area (TPSA) is 74.7 Å². The van der Waals surface area contributed by atoms with Gasteiger partial charge in [-0.05, 0) is 47.7 Å². The molecule has 0 radical (unpaired) electrons. The number of pyridine rings is 1. The maximum absolute atomic E-state index is 13.2. The summed E-state index contributed by atoms with van der Waals surface area (Å²) < 4.78 is 29.3.